The third-order valence-corrected chi connectivity index (χ3v) is 6.83. The number of para-hydroxylation sites is 1. The largest absolute Gasteiger partial charge is 0.424 e. The van der Waals surface area contributed by atoms with Gasteiger partial charge < -0.3 is 14.6 Å². The average Bonchev–Trinajstić information content (AvgIpc) is 3.35. The quantitative estimate of drug-likeness (QED) is 0.343. The molecule has 1 aromatic heterocycles. The Bertz CT molecular complexity index is 1310. The molecule has 180 valence electrons. The van der Waals surface area contributed by atoms with Crippen molar-refractivity contribution in [3.05, 3.63) is 113 Å². The molecular formula is C27H23ClF3N3O. The molecule has 0 spiro atoms. The average molecular weight is 498 g/mol. The molecule has 0 amide bonds. The molecule has 0 aliphatic carbocycles. The predicted molar refractivity (Wildman–Crippen MR) is 130 cm³/mol. The van der Waals surface area contributed by atoms with E-state index >= 15 is 0 Å². The lowest BCUT2D eigenvalue weighted by Gasteiger charge is -2.43. The maximum Gasteiger partial charge on any atom is 0.424 e. The van der Waals surface area contributed by atoms with Crippen LogP contribution in [-0.2, 0) is 12.0 Å². The van der Waals surface area contributed by atoms with Crippen molar-refractivity contribution in [1.82, 2.24) is 9.55 Å². The Kier molecular flexibility index (Phi) is 6.07. The zero-order chi connectivity index (χ0) is 24.6. The predicted octanol–water partition coefficient (Wildman–Crippen LogP) is 6.47. The highest BCUT2D eigenvalue weighted by Gasteiger charge is 2.59. The number of imidazole rings is 1. The van der Waals surface area contributed by atoms with E-state index in [0.717, 1.165) is 16.8 Å². The normalized spacial score (nSPS) is 17.6. The zero-order valence-corrected chi connectivity index (χ0v) is 19.4. The smallest absolute Gasteiger partial charge is 0.374 e. The highest BCUT2D eigenvalue weighted by atomic mass is 35.5. The summed E-state index contributed by atoms with van der Waals surface area (Å²) in [5, 5.41) is 12.0. The van der Waals surface area contributed by atoms with Gasteiger partial charge in [-0.2, -0.15) is 13.2 Å². The van der Waals surface area contributed by atoms with Crippen molar-refractivity contribution in [2.45, 2.75) is 30.7 Å². The van der Waals surface area contributed by atoms with E-state index in [1.54, 1.807) is 54.6 Å². The van der Waals surface area contributed by atoms with E-state index in [0.29, 0.717) is 23.7 Å². The van der Waals surface area contributed by atoms with Crippen LogP contribution in [0.15, 0.2) is 91.3 Å². The SMILES string of the molecule is O[C@@](C[C@@H]1c2ccccc2CCN1c1ccc(Cl)cc1)(c1nccn1-c1ccccc1)C(F)(F)F. The minimum Gasteiger partial charge on any atom is -0.374 e. The van der Waals surface area contributed by atoms with E-state index in [4.69, 9.17) is 11.6 Å². The summed E-state index contributed by atoms with van der Waals surface area (Å²) in [7, 11) is 0. The number of aromatic nitrogens is 2. The third kappa shape index (κ3) is 4.30. The monoisotopic (exact) mass is 497 g/mol. The Morgan fingerprint density at radius 2 is 1.60 bits per heavy atom. The fourth-order valence-corrected chi connectivity index (χ4v) is 4.96. The van der Waals surface area contributed by atoms with Gasteiger partial charge in [-0.15, -0.1) is 0 Å². The number of aliphatic hydroxyl groups is 1. The Morgan fingerprint density at radius 1 is 0.914 bits per heavy atom. The van der Waals surface area contributed by atoms with E-state index < -0.39 is 30.1 Å². The maximum atomic E-state index is 14.7. The van der Waals surface area contributed by atoms with Crippen LogP contribution >= 0.6 is 11.6 Å². The Hall–Kier alpha value is -3.29. The molecular weight excluding hydrogens is 475 g/mol. The van der Waals surface area contributed by atoms with E-state index in [1.807, 2.05) is 29.2 Å². The van der Waals surface area contributed by atoms with Crippen molar-refractivity contribution in [2.75, 3.05) is 11.4 Å². The van der Waals surface area contributed by atoms with Crippen LogP contribution in [-0.4, -0.2) is 27.4 Å². The number of halogens is 4. The summed E-state index contributed by atoms with van der Waals surface area (Å²) in [6.07, 6.45) is -2.20. The van der Waals surface area contributed by atoms with Gasteiger partial charge >= 0.3 is 6.18 Å². The van der Waals surface area contributed by atoms with Gasteiger partial charge in [-0.05, 0) is 53.9 Å². The highest BCUT2D eigenvalue weighted by Crippen LogP contribution is 2.48. The minimum absolute atomic E-state index is 0.463. The maximum absolute atomic E-state index is 14.7. The van der Waals surface area contributed by atoms with Gasteiger partial charge in [0.2, 0.25) is 5.60 Å². The second-order valence-electron chi connectivity index (χ2n) is 8.65. The number of alkyl halides is 3. The summed E-state index contributed by atoms with van der Waals surface area (Å²) < 4.78 is 45.5. The Morgan fingerprint density at radius 3 is 2.31 bits per heavy atom. The Balaban J connectivity index is 1.63. The summed E-state index contributed by atoms with van der Waals surface area (Å²) in [5.41, 5.74) is -0.245. The molecule has 0 saturated heterocycles. The minimum atomic E-state index is -4.97. The molecule has 3 aromatic carbocycles. The van der Waals surface area contributed by atoms with Gasteiger partial charge in [0.05, 0.1) is 6.04 Å². The molecule has 5 rings (SSSR count). The standard InChI is InChI=1S/C27H23ClF3N3O/c28-20-10-12-22(13-11-20)33-16-14-19-6-4-5-9-23(19)24(33)18-26(35,27(29,30)31)25-32-15-17-34(25)21-7-2-1-3-8-21/h1-13,15,17,24,35H,14,16,18H2/t24-,26+/m1/s1. The fraction of sp³-hybridized carbons (Fsp3) is 0.222. The van der Waals surface area contributed by atoms with Crippen LogP contribution in [0.1, 0.15) is 29.4 Å². The lowest BCUT2D eigenvalue weighted by molar-refractivity contribution is -0.274. The molecule has 0 bridgehead atoms. The molecule has 4 aromatic rings. The molecule has 0 fully saturated rings. The van der Waals surface area contributed by atoms with Gasteiger partial charge in [0.25, 0.3) is 0 Å². The van der Waals surface area contributed by atoms with Crippen LogP contribution in [0.25, 0.3) is 5.69 Å². The van der Waals surface area contributed by atoms with Gasteiger partial charge in [0.1, 0.15) is 0 Å². The first kappa shape index (κ1) is 23.5. The van der Waals surface area contributed by atoms with Gasteiger partial charge in [-0.25, -0.2) is 4.98 Å². The van der Waals surface area contributed by atoms with E-state index in [1.165, 1.54) is 17.0 Å². The van der Waals surface area contributed by atoms with Gasteiger partial charge in [0, 0.05) is 41.8 Å². The second kappa shape index (κ2) is 9.06. The van der Waals surface area contributed by atoms with Crippen molar-refractivity contribution >= 4 is 17.3 Å². The Labute approximate surface area is 206 Å². The van der Waals surface area contributed by atoms with E-state index in [2.05, 4.69) is 4.98 Å². The van der Waals surface area contributed by atoms with Crippen molar-refractivity contribution in [3.8, 4) is 5.69 Å². The summed E-state index contributed by atoms with van der Waals surface area (Å²) in [6, 6.07) is 22.3. The number of anilines is 1. The number of nitrogens with zero attached hydrogens (tertiary/aromatic N) is 3. The first-order chi connectivity index (χ1) is 16.8. The second-order valence-corrected chi connectivity index (χ2v) is 9.09. The summed E-state index contributed by atoms with van der Waals surface area (Å²) in [5.74, 6) is -0.463. The third-order valence-electron chi connectivity index (χ3n) is 6.57. The molecule has 0 radical (unpaired) electrons. The number of rotatable bonds is 5. The van der Waals surface area contributed by atoms with Crippen molar-refractivity contribution in [1.29, 1.82) is 0 Å². The van der Waals surface area contributed by atoms with Crippen LogP contribution < -0.4 is 4.90 Å². The number of hydrogen-bond acceptors (Lipinski definition) is 3. The van der Waals surface area contributed by atoms with E-state index in [-0.39, 0.29) is 0 Å². The summed E-state index contributed by atoms with van der Waals surface area (Å²) in [6.45, 7) is 0.504. The molecule has 2 atom stereocenters. The van der Waals surface area contributed by atoms with E-state index in [9.17, 15) is 18.3 Å². The molecule has 1 aliphatic heterocycles. The molecule has 0 unspecified atom stereocenters. The molecule has 4 nitrogen and oxygen atoms in total. The lowest BCUT2D eigenvalue weighted by atomic mass is 9.83. The summed E-state index contributed by atoms with van der Waals surface area (Å²) in [4.78, 5) is 5.93. The fourth-order valence-electron chi connectivity index (χ4n) is 4.83. The topological polar surface area (TPSA) is 41.3 Å². The number of benzene rings is 3. The number of fused-ring (bicyclic) bond motifs is 1. The molecule has 0 saturated carbocycles. The molecule has 1 aliphatic rings. The summed E-state index contributed by atoms with van der Waals surface area (Å²) >= 11 is 6.06. The lowest BCUT2D eigenvalue weighted by Crippen LogP contribution is -2.49. The van der Waals surface area contributed by atoms with Crippen LogP contribution in [0.4, 0.5) is 18.9 Å². The first-order valence-electron chi connectivity index (χ1n) is 11.3. The van der Waals surface area contributed by atoms with Gasteiger partial charge in [-0.1, -0.05) is 54.1 Å². The number of hydrogen-bond donors (Lipinski definition) is 1. The van der Waals surface area contributed by atoms with Crippen LogP contribution in [0, 0.1) is 0 Å². The molecule has 8 heteroatoms. The van der Waals surface area contributed by atoms with Crippen LogP contribution in [0.5, 0.6) is 0 Å². The first-order valence-corrected chi connectivity index (χ1v) is 11.6. The van der Waals surface area contributed by atoms with Crippen molar-refractivity contribution in [3.63, 3.8) is 0 Å². The molecule has 1 N–H and O–H groups in total. The molecule has 35 heavy (non-hydrogen) atoms. The van der Waals surface area contributed by atoms with Gasteiger partial charge in [-0.3, -0.25) is 0 Å². The van der Waals surface area contributed by atoms with Crippen LogP contribution in [0.2, 0.25) is 5.02 Å². The highest BCUT2D eigenvalue weighted by molar-refractivity contribution is 6.30. The molecule has 2 heterocycles. The van der Waals surface area contributed by atoms with Crippen LogP contribution in [0.3, 0.4) is 0 Å². The van der Waals surface area contributed by atoms with Crippen molar-refractivity contribution < 1.29 is 18.3 Å². The van der Waals surface area contributed by atoms with Crippen molar-refractivity contribution in [2.24, 2.45) is 0 Å². The van der Waals surface area contributed by atoms with Gasteiger partial charge in [0.15, 0.2) is 5.82 Å². The zero-order valence-electron chi connectivity index (χ0n) is 18.7.